The molecule has 0 fully saturated rings. The lowest BCUT2D eigenvalue weighted by Gasteiger charge is -2.33. The fraction of sp³-hybridized carbons (Fsp3) is 0.462. The summed E-state index contributed by atoms with van der Waals surface area (Å²) in [6.07, 6.45) is 4.05. The van der Waals surface area contributed by atoms with Gasteiger partial charge < -0.3 is 0 Å². The van der Waals surface area contributed by atoms with Gasteiger partial charge in [0.05, 0.1) is 5.54 Å². The molecule has 0 N–H and O–H groups in total. The zero-order valence-electron chi connectivity index (χ0n) is 10.7. The first kappa shape index (κ1) is 13.0. The largest absolute Gasteiger partial charge is 0.274 e. The van der Waals surface area contributed by atoms with Gasteiger partial charge in [0, 0.05) is 23.9 Å². The number of carbonyl (C=O) groups is 1. The van der Waals surface area contributed by atoms with E-state index in [4.69, 9.17) is 11.6 Å². The lowest BCUT2D eigenvalue weighted by molar-refractivity contribution is 0.0547. The fourth-order valence-electron chi connectivity index (χ4n) is 2.33. The van der Waals surface area contributed by atoms with E-state index in [1.54, 1.807) is 24.5 Å². The van der Waals surface area contributed by atoms with Crippen LogP contribution in [0.2, 0.25) is 0 Å². The van der Waals surface area contributed by atoms with Gasteiger partial charge >= 0.3 is 0 Å². The highest BCUT2D eigenvalue weighted by atomic mass is 35.5. The average Bonchev–Trinajstić information content (AvgIpc) is 2.59. The second kappa shape index (κ2) is 4.69. The number of aromatic nitrogens is 1. The Morgan fingerprint density at radius 2 is 2.06 bits per heavy atom. The highest BCUT2D eigenvalue weighted by molar-refractivity contribution is 6.66. The number of rotatable bonds is 2. The summed E-state index contributed by atoms with van der Waals surface area (Å²) >= 11 is 6.13. The van der Waals surface area contributed by atoms with Crippen molar-refractivity contribution in [1.82, 2.24) is 9.99 Å². The first-order valence-corrected chi connectivity index (χ1v) is 6.35. The molecule has 0 radical (unpaired) electrons. The molecule has 0 aliphatic carbocycles. The number of hydrogen-bond donors (Lipinski definition) is 0. The highest BCUT2D eigenvalue weighted by Gasteiger charge is 2.45. The number of hydrogen-bond acceptors (Lipinski definition) is 3. The molecule has 0 spiro atoms. The molecule has 1 aliphatic rings. The van der Waals surface area contributed by atoms with Crippen molar-refractivity contribution in [3.05, 3.63) is 30.1 Å². The van der Waals surface area contributed by atoms with E-state index in [2.05, 4.69) is 10.1 Å². The maximum absolute atomic E-state index is 12.4. The number of halogens is 1. The third-order valence-corrected chi connectivity index (χ3v) is 3.75. The van der Waals surface area contributed by atoms with Crippen LogP contribution in [-0.2, 0) is 0 Å². The summed E-state index contributed by atoms with van der Waals surface area (Å²) in [5, 5.41) is 6.20. The summed E-state index contributed by atoms with van der Waals surface area (Å²) < 4.78 is 0. The maximum atomic E-state index is 12.4. The van der Waals surface area contributed by atoms with Crippen LogP contribution in [0.15, 0.2) is 29.6 Å². The highest BCUT2D eigenvalue weighted by Crippen LogP contribution is 2.36. The third-order valence-electron chi connectivity index (χ3n) is 3.41. The molecule has 1 amide bonds. The second-order valence-corrected chi connectivity index (χ2v) is 5.28. The van der Waals surface area contributed by atoms with Crippen molar-refractivity contribution in [1.29, 1.82) is 0 Å². The van der Waals surface area contributed by atoms with E-state index >= 15 is 0 Å². The van der Waals surface area contributed by atoms with Crippen LogP contribution in [0.5, 0.6) is 0 Å². The van der Waals surface area contributed by atoms with Gasteiger partial charge in [0.25, 0.3) is 5.91 Å². The normalized spacial score (nSPS) is 21.9. The van der Waals surface area contributed by atoms with Gasteiger partial charge in [0.15, 0.2) is 0 Å². The average molecular weight is 266 g/mol. The zero-order valence-corrected chi connectivity index (χ0v) is 11.5. The van der Waals surface area contributed by atoms with E-state index in [-0.39, 0.29) is 11.8 Å². The van der Waals surface area contributed by atoms with Gasteiger partial charge in [0.1, 0.15) is 5.17 Å². The van der Waals surface area contributed by atoms with Crippen LogP contribution in [0.3, 0.4) is 0 Å². The molecular weight excluding hydrogens is 250 g/mol. The SMILES string of the molecule is CCC1C(Cl)=NN(C(=O)c2ccncc2)C1(C)C. The van der Waals surface area contributed by atoms with Gasteiger partial charge in [-0.3, -0.25) is 9.78 Å². The molecule has 1 aromatic heterocycles. The number of hydrazone groups is 1. The second-order valence-electron chi connectivity index (χ2n) is 4.89. The molecule has 0 bridgehead atoms. The van der Waals surface area contributed by atoms with Gasteiger partial charge in [-0.05, 0) is 32.4 Å². The Labute approximate surface area is 112 Å². The number of amides is 1. The molecule has 2 heterocycles. The molecule has 1 aromatic rings. The molecule has 0 saturated heterocycles. The van der Waals surface area contributed by atoms with Gasteiger partial charge in [-0.2, -0.15) is 5.10 Å². The molecule has 1 aliphatic heterocycles. The summed E-state index contributed by atoms with van der Waals surface area (Å²) in [7, 11) is 0. The fourth-order valence-corrected chi connectivity index (χ4v) is 2.82. The molecule has 0 saturated carbocycles. The molecule has 0 aromatic carbocycles. The van der Waals surface area contributed by atoms with Crippen LogP contribution < -0.4 is 0 Å². The van der Waals surface area contributed by atoms with Crippen molar-refractivity contribution in [2.24, 2.45) is 11.0 Å². The summed E-state index contributed by atoms with van der Waals surface area (Å²) in [5.41, 5.74) is 0.176. The predicted molar refractivity (Wildman–Crippen MR) is 71.6 cm³/mol. The number of pyridine rings is 1. The van der Waals surface area contributed by atoms with Crippen molar-refractivity contribution in [3.8, 4) is 0 Å². The van der Waals surface area contributed by atoms with Crippen LogP contribution >= 0.6 is 11.6 Å². The minimum Gasteiger partial charge on any atom is -0.267 e. The van der Waals surface area contributed by atoms with Crippen molar-refractivity contribution in [2.75, 3.05) is 0 Å². The van der Waals surface area contributed by atoms with E-state index in [0.29, 0.717) is 10.7 Å². The van der Waals surface area contributed by atoms with Gasteiger partial charge in [0.2, 0.25) is 0 Å². The van der Waals surface area contributed by atoms with Crippen molar-refractivity contribution in [2.45, 2.75) is 32.7 Å². The molecule has 5 heteroatoms. The molecule has 96 valence electrons. The van der Waals surface area contributed by atoms with E-state index < -0.39 is 5.54 Å². The first-order chi connectivity index (χ1) is 8.48. The van der Waals surface area contributed by atoms with Gasteiger partial charge in [-0.15, -0.1) is 0 Å². The Kier molecular flexibility index (Phi) is 3.39. The van der Waals surface area contributed by atoms with Crippen LogP contribution in [0.1, 0.15) is 37.6 Å². The number of carbonyl (C=O) groups excluding carboxylic acids is 1. The predicted octanol–water partition coefficient (Wildman–Crippen LogP) is 2.89. The van der Waals surface area contributed by atoms with E-state index in [9.17, 15) is 4.79 Å². The Morgan fingerprint density at radius 1 is 1.44 bits per heavy atom. The Bertz CT molecular complexity index is 484. The minimum atomic E-state index is -0.397. The van der Waals surface area contributed by atoms with Crippen molar-refractivity contribution < 1.29 is 4.79 Å². The van der Waals surface area contributed by atoms with Crippen molar-refractivity contribution in [3.63, 3.8) is 0 Å². The molecule has 1 atom stereocenters. The Hall–Kier alpha value is -1.42. The maximum Gasteiger partial charge on any atom is 0.274 e. The minimum absolute atomic E-state index is 0.0879. The van der Waals surface area contributed by atoms with Gasteiger partial charge in [-0.25, -0.2) is 5.01 Å². The lowest BCUT2D eigenvalue weighted by Crippen LogP contribution is -2.45. The van der Waals surface area contributed by atoms with Crippen LogP contribution in [0.4, 0.5) is 0 Å². The summed E-state index contributed by atoms with van der Waals surface area (Å²) in [6.45, 7) is 6.02. The lowest BCUT2D eigenvalue weighted by atomic mass is 9.86. The molecular formula is C13H16ClN3O. The first-order valence-electron chi connectivity index (χ1n) is 5.97. The quantitative estimate of drug-likeness (QED) is 0.825. The van der Waals surface area contributed by atoms with E-state index in [0.717, 1.165) is 6.42 Å². The molecule has 18 heavy (non-hydrogen) atoms. The van der Waals surface area contributed by atoms with Crippen molar-refractivity contribution >= 4 is 22.7 Å². The smallest absolute Gasteiger partial charge is 0.267 e. The van der Waals surface area contributed by atoms with E-state index in [1.165, 1.54) is 5.01 Å². The van der Waals surface area contributed by atoms with Crippen LogP contribution in [-0.4, -0.2) is 26.6 Å². The van der Waals surface area contributed by atoms with Gasteiger partial charge in [-0.1, -0.05) is 18.5 Å². The monoisotopic (exact) mass is 265 g/mol. The number of nitrogens with zero attached hydrogens (tertiary/aromatic N) is 3. The Balaban J connectivity index is 2.33. The molecule has 4 nitrogen and oxygen atoms in total. The summed E-state index contributed by atoms with van der Waals surface area (Å²) in [4.78, 5) is 16.3. The van der Waals surface area contributed by atoms with Crippen LogP contribution in [0, 0.1) is 5.92 Å². The van der Waals surface area contributed by atoms with Crippen LogP contribution in [0.25, 0.3) is 0 Å². The van der Waals surface area contributed by atoms with E-state index in [1.807, 2.05) is 20.8 Å². The summed E-state index contributed by atoms with van der Waals surface area (Å²) in [6, 6.07) is 3.36. The molecule has 1 unspecified atom stereocenters. The topological polar surface area (TPSA) is 45.6 Å². The summed E-state index contributed by atoms with van der Waals surface area (Å²) in [5.74, 6) is -0.0542. The molecule has 2 rings (SSSR count). The third kappa shape index (κ3) is 2.01. The standard InChI is InChI=1S/C13H16ClN3O/c1-4-10-11(14)16-17(13(10,2)3)12(18)9-5-7-15-8-6-9/h5-8,10H,4H2,1-3H3. The zero-order chi connectivity index (χ0) is 13.3. The Morgan fingerprint density at radius 3 is 2.56 bits per heavy atom.